The molecule has 0 spiro atoms. The molecule has 2 nitrogen and oxygen atoms in total. The fraction of sp³-hybridized carbons (Fsp3) is 0.312. The van der Waals surface area contributed by atoms with E-state index in [0.717, 1.165) is 23.3 Å². The molecule has 0 amide bonds. The zero-order valence-corrected chi connectivity index (χ0v) is 10.5. The van der Waals surface area contributed by atoms with Gasteiger partial charge >= 0.3 is 0 Å². The summed E-state index contributed by atoms with van der Waals surface area (Å²) in [5.41, 5.74) is 1.31. The van der Waals surface area contributed by atoms with Crippen LogP contribution in [0.25, 0.3) is 0 Å². The molecule has 1 fully saturated rings. The van der Waals surface area contributed by atoms with Crippen LogP contribution in [-0.2, 0) is 9.53 Å². The summed E-state index contributed by atoms with van der Waals surface area (Å²) < 4.78 is 5.98. The highest BCUT2D eigenvalue weighted by atomic mass is 16.5. The number of ketones is 1. The van der Waals surface area contributed by atoms with Crippen LogP contribution in [0.2, 0.25) is 0 Å². The predicted octanol–water partition coefficient (Wildman–Crippen LogP) is 3.57. The molecule has 0 N–H and O–H groups in total. The number of benzene rings is 1. The van der Waals surface area contributed by atoms with Gasteiger partial charge < -0.3 is 4.74 Å². The zero-order valence-electron chi connectivity index (χ0n) is 10.5. The highest BCUT2D eigenvalue weighted by molar-refractivity contribution is 5.92. The van der Waals surface area contributed by atoms with Gasteiger partial charge in [0.25, 0.3) is 0 Å². The summed E-state index contributed by atoms with van der Waals surface area (Å²) >= 11 is 0. The largest absolute Gasteiger partial charge is 0.485 e. The maximum Gasteiger partial charge on any atom is 0.150 e. The third-order valence-corrected chi connectivity index (χ3v) is 4.06. The lowest BCUT2D eigenvalue weighted by molar-refractivity contribution is -0.125. The number of Topliss-reactive ketones (excluding diaryl/α,β-unsaturated/α-hetero) is 1. The summed E-state index contributed by atoms with van der Waals surface area (Å²) in [5, 5.41) is 0. The van der Waals surface area contributed by atoms with Gasteiger partial charge in [0.2, 0.25) is 0 Å². The molecule has 1 aliphatic carbocycles. The van der Waals surface area contributed by atoms with Crippen molar-refractivity contribution in [3.05, 3.63) is 59.9 Å². The minimum Gasteiger partial charge on any atom is -0.485 e. The Morgan fingerprint density at radius 1 is 1.33 bits per heavy atom. The van der Waals surface area contributed by atoms with Crippen molar-refractivity contribution in [2.24, 2.45) is 5.41 Å². The molecule has 0 unspecified atom stereocenters. The molecule has 0 saturated carbocycles. The van der Waals surface area contributed by atoms with Gasteiger partial charge in [-0.05, 0) is 30.6 Å². The van der Waals surface area contributed by atoms with Gasteiger partial charge in [-0.2, -0.15) is 0 Å². The van der Waals surface area contributed by atoms with Crippen LogP contribution in [0.3, 0.4) is 0 Å². The molecule has 2 heteroatoms. The first-order chi connectivity index (χ1) is 8.64. The Labute approximate surface area is 107 Å². The summed E-state index contributed by atoms with van der Waals surface area (Å²) in [7, 11) is 0. The molecule has 1 aromatic carbocycles. The number of rotatable bonds is 1. The minimum atomic E-state index is -0.612. The van der Waals surface area contributed by atoms with E-state index in [2.05, 4.69) is 6.58 Å². The SMILES string of the molecule is C=C1[C@@H](c2ccccc2)OC2=CCCC(=O)[C@@]12C. The van der Waals surface area contributed by atoms with Crippen LogP contribution in [0.15, 0.2) is 54.3 Å². The first-order valence-electron chi connectivity index (χ1n) is 6.29. The van der Waals surface area contributed by atoms with Crippen molar-refractivity contribution in [2.45, 2.75) is 25.9 Å². The van der Waals surface area contributed by atoms with Crippen molar-refractivity contribution in [1.29, 1.82) is 0 Å². The van der Waals surface area contributed by atoms with Gasteiger partial charge in [0.05, 0.1) is 0 Å². The fourth-order valence-electron chi connectivity index (χ4n) is 2.79. The van der Waals surface area contributed by atoms with Gasteiger partial charge in [0.1, 0.15) is 17.3 Å². The van der Waals surface area contributed by atoms with E-state index in [1.807, 2.05) is 43.3 Å². The lowest BCUT2D eigenvalue weighted by atomic mass is 9.72. The highest BCUT2D eigenvalue weighted by Crippen LogP contribution is 2.54. The van der Waals surface area contributed by atoms with Crippen LogP contribution in [0.4, 0.5) is 0 Å². The summed E-state index contributed by atoms with van der Waals surface area (Å²) in [6, 6.07) is 9.96. The Kier molecular flexibility index (Phi) is 2.40. The second kappa shape index (κ2) is 3.84. The molecule has 1 aliphatic heterocycles. The van der Waals surface area contributed by atoms with Crippen LogP contribution in [0.1, 0.15) is 31.4 Å². The Bertz CT molecular complexity index is 541. The van der Waals surface area contributed by atoms with Crippen LogP contribution >= 0.6 is 0 Å². The number of ether oxygens (including phenoxy) is 1. The molecule has 1 heterocycles. The Morgan fingerprint density at radius 2 is 2.06 bits per heavy atom. The van der Waals surface area contributed by atoms with Crippen molar-refractivity contribution < 1.29 is 9.53 Å². The van der Waals surface area contributed by atoms with Gasteiger partial charge in [0.15, 0.2) is 5.78 Å². The quantitative estimate of drug-likeness (QED) is 0.701. The molecule has 2 aliphatic rings. The van der Waals surface area contributed by atoms with E-state index in [1.165, 1.54) is 0 Å². The van der Waals surface area contributed by atoms with E-state index in [4.69, 9.17) is 4.74 Å². The normalized spacial score (nSPS) is 30.7. The van der Waals surface area contributed by atoms with E-state index in [0.29, 0.717) is 6.42 Å². The third-order valence-electron chi connectivity index (χ3n) is 4.06. The van der Waals surface area contributed by atoms with E-state index in [-0.39, 0.29) is 11.9 Å². The Hall–Kier alpha value is -1.83. The molecule has 0 bridgehead atoms. The monoisotopic (exact) mass is 240 g/mol. The van der Waals surface area contributed by atoms with E-state index >= 15 is 0 Å². The van der Waals surface area contributed by atoms with Crippen molar-refractivity contribution in [3.63, 3.8) is 0 Å². The fourth-order valence-corrected chi connectivity index (χ4v) is 2.79. The number of allylic oxidation sites excluding steroid dienone is 2. The maximum atomic E-state index is 12.2. The predicted molar refractivity (Wildman–Crippen MR) is 69.8 cm³/mol. The molecule has 1 aromatic rings. The molecule has 0 radical (unpaired) electrons. The van der Waals surface area contributed by atoms with Crippen molar-refractivity contribution in [2.75, 3.05) is 0 Å². The first kappa shape index (κ1) is 11.3. The van der Waals surface area contributed by atoms with Crippen LogP contribution in [0, 0.1) is 5.41 Å². The number of hydrogen-bond acceptors (Lipinski definition) is 2. The van der Waals surface area contributed by atoms with Crippen molar-refractivity contribution in [1.82, 2.24) is 0 Å². The molecular formula is C16H16O2. The topological polar surface area (TPSA) is 26.3 Å². The van der Waals surface area contributed by atoms with Crippen molar-refractivity contribution >= 4 is 5.78 Å². The zero-order chi connectivity index (χ0) is 12.8. The molecule has 3 rings (SSSR count). The number of hydrogen-bond donors (Lipinski definition) is 0. The second-order valence-corrected chi connectivity index (χ2v) is 5.09. The number of fused-ring (bicyclic) bond motifs is 1. The summed E-state index contributed by atoms with van der Waals surface area (Å²) in [6.45, 7) is 6.07. The molecule has 1 saturated heterocycles. The third kappa shape index (κ3) is 1.38. The van der Waals surface area contributed by atoms with Crippen LogP contribution in [0.5, 0.6) is 0 Å². The lowest BCUT2D eigenvalue weighted by Crippen LogP contribution is -2.30. The lowest BCUT2D eigenvalue weighted by Gasteiger charge is -2.26. The highest BCUT2D eigenvalue weighted by Gasteiger charge is 2.51. The van der Waals surface area contributed by atoms with E-state index in [1.54, 1.807) is 0 Å². The average molecular weight is 240 g/mol. The van der Waals surface area contributed by atoms with Gasteiger partial charge in [-0.1, -0.05) is 36.9 Å². The second-order valence-electron chi connectivity index (χ2n) is 5.09. The molecule has 0 aromatic heterocycles. The smallest absolute Gasteiger partial charge is 0.150 e. The van der Waals surface area contributed by atoms with Crippen molar-refractivity contribution in [3.8, 4) is 0 Å². The van der Waals surface area contributed by atoms with E-state index in [9.17, 15) is 4.79 Å². The summed E-state index contributed by atoms with van der Waals surface area (Å²) in [5.74, 6) is 1.01. The molecule has 18 heavy (non-hydrogen) atoms. The van der Waals surface area contributed by atoms with Gasteiger partial charge in [-0.3, -0.25) is 4.79 Å². The maximum absolute atomic E-state index is 12.2. The molecular weight excluding hydrogens is 224 g/mol. The first-order valence-corrected chi connectivity index (χ1v) is 6.29. The van der Waals surface area contributed by atoms with Gasteiger partial charge in [-0.15, -0.1) is 0 Å². The Balaban J connectivity index is 2.04. The van der Waals surface area contributed by atoms with Gasteiger partial charge in [-0.25, -0.2) is 0 Å². The van der Waals surface area contributed by atoms with Crippen LogP contribution in [-0.4, -0.2) is 5.78 Å². The number of carbonyl (C=O) groups is 1. The van der Waals surface area contributed by atoms with Gasteiger partial charge in [0, 0.05) is 6.42 Å². The summed E-state index contributed by atoms with van der Waals surface area (Å²) in [4.78, 5) is 12.2. The minimum absolute atomic E-state index is 0.190. The van der Waals surface area contributed by atoms with Crippen LogP contribution < -0.4 is 0 Å². The molecule has 92 valence electrons. The standard InChI is InChI=1S/C16H16O2/c1-11-15(12-7-4-3-5-8-12)18-14-10-6-9-13(17)16(11,14)2/h3-5,7-8,10,15H,1,6,9H2,2H3/t15-,16+/m0/s1. The summed E-state index contributed by atoms with van der Waals surface area (Å²) in [6.07, 6.45) is 3.21. The average Bonchev–Trinajstić information content (AvgIpc) is 2.66. The molecule has 2 atom stereocenters. The number of carbonyl (C=O) groups excluding carboxylic acids is 1. The Morgan fingerprint density at radius 3 is 2.72 bits per heavy atom. The van der Waals surface area contributed by atoms with E-state index < -0.39 is 5.41 Å².